The Bertz CT molecular complexity index is 642. The van der Waals surface area contributed by atoms with Crippen molar-refractivity contribution < 1.29 is 27.4 Å². The topological polar surface area (TPSA) is 92.7 Å². The maximum Gasteiger partial charge on any atom is 0.327 e. The zero-order valence-corrected chi connectivity index (χ0v) is 11.7. The van der Waals surface area contributed by atoms with Gasteiger partial charge in [-0.3, -0.25) is 4.79 Å². The lowest BCUT2D eigenvalue weighted by molar-refractivity contribution is -0.144. The molecule has 0 aromatic heterocycles. The highest BCUT2D eigenvalue weighted by Gasteiger charge is 2.46. The van der Waals surface area contributed by atoms with E-state index in [-0.39, 0.29) is 24.7 Å². The van der Waals surface area contributed by atoms with Crippen molar-refractivity contribution in [3.05, 3.63) is 29.0 Å². The van der Waals surface area contributed by atoms with Gasteiger partial charge in [0.05, 0.1) is 6.61 Å². The molecule has 0 spiro atoms. The van der Waals surface area contributed by atoms with Crippen LogP contribution in [0.4, 0.5) is 4.39 Å². The van der Waals surface area contributed by atoms with E-state index in [4.69, 9.17) is 21.4 Å². The zero-order valence-electron chi connectivity index (χ0n) is 10.1. The first kappa shape index (κ1) is 15.2. The lowest BCUT2D eigenvalue weighted by Gasteiger charge is -2.23. The van der Waals surface area contributed by atoms with E-state index in [1.165, 1.54) is 6.07 Å². The van der Waals surface area contributed by atoms with Crippen LogP contribution in [0.1, 0.15) is 6.42 Å². The summed E-state index contributed by atoms with van der Waals surface area (Å²) in [4.78, 5) is 10.6. The molecule has 2 rings (SSSR count). The van der Waals surface area contributed by atoms with Crippen LogP contribution in [-0.4, -0.2) is 38.2 Å². The standard InChI is InChI=1S/C11H11ClFNO5S/c12-7-1-2-9(8(13)5-7)20(17,18)14-11(10(15)16)3-4-19-6-11/h1-2,5,14H,3-4,6H2,(H,15,16). The molecule has 0 bridgehead atoms. The molecule has 0 saturated carbocycles. The Morgan fingerprint density at radius 1 is 1.50 bits per heavy atom. The van der Waals surface area contributed by atoms with Gasteiger partial charge in [0.2, 0.25) is 10.0 Å². The van der Waals surface area contributed by atoms with E-state index < -0.39 is 32.2 Å². The third kappa shape index (κ3) is 2.78. The molecule has 1 heterocycles. The molecule has 0 radical (unpaired) electrons. The van der Waals surface area contributed by atoms with Gasteiger partial charge in [-0.1, -0.05) is 11.6 Å². The van der Waals surface area contributed by atoms with Crippen molar-refractivity contribution in [2.75, 3.05) is 13.2 Å². The number of hydrogen-bond acceptors (Lipinski definition) is 4. The first-order chi connectivity index (χ1) is 9.27. The molecule has 1 aromatic carbocycles. The molecule has 1 aliphatic heterocycles. The van der Waals surface area contributed by atoms with Crippen molar-refractivity contribution in [1.82, 2.24) is 4.72 Å². The summed E-state index contributed by atoms with van der Waals surface area (Å²) < 4.78 is 44.8. The molecular formula is C11H11ClFNO5S. The fraction of sp³-hybridized carbons (Fsp3) is 0.364. The number of carboxylic acids is 1. The number of halogens is 2. The highest BCUT2D eigenvalue weighted by atomic mass is 35.5. The molecule has 1 unspecified atom stereocenters. The SMILES string of the molecule is O=C(O)C1(NS(=O)(=O)c2ccc(Cl)cc2F)CCOC1. The van der Waals surface area contributed by atoms with Crippen LogP contribution in [0.3, 0.4) is 0 Å². The van der Waals surface area contributed by atoms with E-state index in [1.54, 1.807) is 0 Å². The van der Waals surface area contributed by atoms with Crippen LogP contribution in [0, 0.1) is 5.82 Å². The molecule has 0 aliphatic carbocycles. The number of hydrogen-bond donors (Lipinski definition) is 2. The largest absolute Gasteiger partial charge is 0.480 e. The van der Waals surface area contributed by atoms with Crippen LogP contribution in [0.15, 0.2) is 23.1 Å². The number of benzene rings is 1. The van der Waals surface area contributed by atoms with Crippen molar-refractivity contribution >= 4 is 27.6 Å². The van der Waals surface area contributed by atoms with Gasteiger partial charge < -0.3 is 9.84 Å². The second-order valence-corrected chi connectivity index (χ2v) is 6.46. The molecule has 1 fully saturated rings. The van der Waals surface area contributed by atoms with Gasteiger partial charge in [0, 0.05) is 18.1 Å². The predicted molar refractivity (Wildman–Crippen MR) is 67.5 cm³/mol. The van der Waals surface area contributed by atoms with Crippen LogP contribution in [-0.2, 0) is 19.6 Å². The van der Waals surface area contributed by atoms with Crippen molar-refractivity contribution in [2.24, 2.45) is 0 Å². The van der Waals surface area contributed by atoms with Gasteiger partial charge in [-0.15, -0.1) is 0 Å². The molecule has 6 nitrogen and oxygen atoms in total. The minimum atomic E-state index is -4.34. The summed E-state index contributed by atoms with van der Waals surface area (Å²) >= 11 is 5.55. The zero-order chi connectivity index (χ0) is 15.0. The first-order valence-electron chi connectivity index (χ1n) is 5.57. The fourth-order valence-electron chi connectivity index (χ4n) is 1.86. The van der Waals surface area contributed by atoms with Gasteiger partial charge in [0.25, 0.3) is 0 Å². The summed E-state index contributed by atoms with van der Waals surface area (Å²) in [6.45, 7) is -0.200. The van der Waals surface area contributed by atoms with Gasteiger partial charge in [0.1, 0.15) is 10.7 Å². The Balaban J connectivity index is 2.38. The molecule has 2 N–H and O–H groups in total. The summed E-state index contributed by atoms with van der Waals surface area (Å²) in [7, 11) is -4.34. The van der Waals surface area contributed by atoms with Crippen molar-refractivity contribution in [3.8, 4) is 0 Å². The van der Waals surface area contributed by atoms with Crippen LogP contribution >= 0.6 is 11.6 Å². The van der Waals surface area contributed by atoms with Gasteiger partial charge in [0.15, 0.2) is 5.54 Å². The van der Waals surface area contributed by atoms with E-state index in [2.05, 4.69) is 0 Å². The third-order valence-corrected chi connectivity index (χ3v) is 4.75. The fourth-order valence-corrected chi connectivity index (χ4v) is 3.46. The van der Waals surface area contributed by atoms with Crippen molar-refractivity contribution in [3.63, 3.8) is 0 Å². The Morgan fingerprint density at radius 3 is 2.70 bits per heavy atom. The minimum absolute atomic E-state index is 0.0310. The van der Waals surface area contributed by atoms with Crippen LogP contribution < -0.4 is 4.72 Å². The van der Waals surface area contributed by atoms with E-state index in [0.717, 1.165) is 12.1 Å². The van der Waals surface area contributed by atoms with E-state index in [9.17, 15) is 17.6 Å². The lowest BCUT2D eigenvalue weighted by Crippen LogP contribution is -2.55. The summed E-state index contributed by atoms with van der Waals surface area (Å²) in [6, 6.07) is 3.03. The number of aliphatic carboxylic acids is 1. The normalized spacial score (nSPS) is 22.9. The average Bonchev–Trinajstić information content (AvgIpc) is 2.77. The highest BCUT2D eigenvalue weighted by Crippen LogP contribution is 2.24. The lowest BCUT2D eigenvalue weighted by atomic mass is 10.0. The molecule has 1 saturated heterocycles. The Labute approximate surface area is 119 Å². The molecule has 9 heteroatoms. The van der Waals surface area contributed by atoms with E-state index in [1.807, 2.05) is 4.72 Å². The first-order valence-corrected chi connectivity index (χ1v) is 7.43. The molecule has 1 aliphatic rings. The average molecular weight is 324 g/mol. The van der Waals surface area contributed by atoms with Crippen LogP contribution in [0.25, 0.3) is 0 Å². The summed E-state index contributed by atoms with van der Waals surface area (Å²) in [5.74, 6) is -2.42. The number of ether oxygens (including phenoxy) is 1. The number of nitrogens with one attached hydrogen (secondary N) is 1. The van der Waals surface area contributed by atoms with Crippen LogP contribution in [0.5, 0.6) is 0 Å². The third-order valence-electron chi connectivity index (χ3n) is 2.94. The quantitative estimate of drug-likeness (QED) is 0.862. The minimum Gasteiger partial charge on any atom is -0.480 e. The summed E-state index contributed by atoms with van der Waals surface area (Å²) in [5, 5.41) is 9.21. The smallest absolute Gasteiger partial charge is 0.327 e. The Morgan fingerprint density at radius 2 is 2.20 bits per heavy atom. The van der Waals surface area contributed by atoms with Gasteiger partial charge in [-0.05, 0) is 18.2 Å². The van der Waals surface area contributed by atoms with Crippen molar-refractivity contribution in [1.29, 1.82) is 0 Å². The summed E-state index contributed by atoms with van der Waals surface area (Å²) in [6.07, 6.45) is -0.0310. The molecular weight excluding hydrogens is 313 g/mol. The molecule has 1 aromatic rings. The predicted octanol–water partition coefficient (Wildman–Crippen LogP) is 1.00. The molecule has 110 valence electrons. The number of carbonyl (C=O) groups is 1. The maximum atomic E-state index is 13.7. The van der Waals surface area contributed by atoms with Gasteiger partial charge in [-0.25, -0.2) is 12.8 Å². The number of rotatable bonds is 4. The van der Waals surface area contributed by atoms with Gasteiger partial charge >= 0.3 is 5.97 Å². The number of carboxylic acid groups (broad SMARTS) is 1. The molecule has 0 amide bonds. The Hall–Kier alpha value is -1.22. The maximum absolute atomic E-state index is 13.7. The van der Waals surface area contributed by atoms with Crippen LogP contribution in [0.2, 0.25) is 5.02 Å². The van der Waals surface area contributed by atoms with E-state index >= 15 is 0 Å². The second kappa shape index (κ2) is 5.28. The second-order valence-electron chi connectivity index (χ2n) is 4.37. The highest BCUT2D eigenvalue weighted by molar-refractivity contribution is 7.89. The number of sulfonamides is 1. The van der Waals surface area contributed by atoms with E-state index in [0.29, 0.717) is 0 Å². The monoisotopic (exact) mass is 323 g/mol. The van der Waals surface area contributed by atoms with Crippen molar-refractivity contribution in [2.45, 2.75) is 16.9 Å². The molecule has 20 heavy (non-hydrogen) atoms. The van der Waals surface area contributed by atoms with Gasteiger partial charge in [-0.2, -0.15) is 4.72 Å². The summed E-state index contributed by atoms with van der Waals surface area (Å²) in [5.41, 5.74) is -1.77. The molecule has 1 atom stereocenters. The Kier molecular flexibility index (Phi) is 4.01.